The van der Waals surface area contributed by atoms with Gasteiger partial charge < -0.3 is 20.6 Å². The summed E-state index contributed by atoms with van der Waals surface area (Å²) in [6.45, 7) is 1.79. The van der Waals surface area contributed by atoms with Crippen LogP contribution in [0.3, 0.4) is 0 Å². The number of aromatic nitrogens is 3. The van der Waals surface area contributed by atoms with Gasteiger partial charge in [-0.3, -0.25) is 14.9 Å². The number of hydrazone groups is 1. The Hall–Kier alpha value is -4.33. The smallest absolute Gasteiger partial charge is 0.292 e. The average molecular weight is 487 g/mol. The van der Waals surface area contributed by atoms with Gasteiger partial charge in [0.05, 0.1) is 30.6 Å². The number of carbonyl (C=O) groups is 1. The lowest BCUT2D eigenvalue weighted by atomic mass is 10.1. The number of amides is 1. The minimum absolute atomic E-state index is 0.0880. The number of hydrogen-bond acceptors (Lipinski definition) is 11. The number of para-hydroxylation sites is 2. The highest BCUT2D eigenvalue weighted by molar-refractivity contribution is 7.99. The van der Waals surface area contributed by atoms with Gasteiger partial charge in [-0.25, -0.2) is 10.1 Å². The second-order valence-corrected chi connectivity index (χ2v) is 7.61. The molecule has 0 unspecified atom stereocenters. The summed E-state index contributed by atoms with van der Waals surface area (Å²) < 4.78 is 11.7. The molecule has 1 aromatic heterocycles. The Balaban J connectivity index is 1.62. The molecule has 1 heterocycles. The first-order valence-corrected chi connectivity index (χ1v) is 10.7. The minimum atomic E-state index is -0.568. The number of nitrogen functional groups attached to an aromatic ring is 1. The molecule has 0 radical (unpaired) electrons. The standard InChI is InChI=1S/C20H22N8O5S/c1-12(13-8-9-16(32-2)17(10-13)33-3)23-24-19-25-26-20(27(19)21)34-11-18(29)22-14-6-4-5-7-15(14)28(30)31/h4-10H,11,21H2,1-3H3,(H,22,29)(H,24,25)/b23-12+. The molecule has 0 atom stereocenters. The number of nitro benzene ring substituents is 1. The van der Waals surface area contributed by atoms with Gasteiger partial charge >= 0.3 is 0 Å². The van der Waals surface area contributed by atoms with E-state index in [1.54, 1.807) is 39.3 Å². The van der Waals surface area contributed by atoms with Gasteiger partial charge in [0.2, 0.25) is 11.1 Å². The molecule has 0 saturated carbocycles. The molecule has 0 aliphatic rings. The summed E-state index contributed by atoms with van der Waals surface area (Å²) in [6, 6.07) is 11.2. The number of nitro groups is 1. The maximum atomic E-state index is 12.2. The minimum Gasteiger partial charge on any atom is -0.493 e. The van der Waals surface area contributed by atoms with Crippen molar-refractivity contribution in [2.24, 2.45) is 5.10 Å². The quantitative estimate of drug-likeness (QED) is 0.127. The number of nitrogens with two attached hydrogens (primary N) is 1. The van der Waals surface area contributed by atoms with Gasteiger partial charge in [0.15, 0.2) is 11.5 Å². The number of hydrogen-bond donors (Lipinski definition) is 3. The molecule has 178 valence electrons. The molecule has 0 saturated heterocycles. The molecule has 13 nitrogen and oxygen atoms in total. The highest BCUT2D eigenvalue weighted by atomic mass is 32.2. The van der Waals surface area contributed by atoms with E-state index in [4.69, 9.17) is 15.3 Å². The van der Waals surface area contributed by atoms with Crippen molar-refractivity contribution in [3.63, 3.8) is 0 Å². The Morgan fingerprint density at radius 3 is 2.65 bits per heavy atom. The summed E-state index contributed by atoms with van der Waals surface area (Å²) in [5.41, 5.74) is 4.06. The Morgan fingerprint density at radius 2 is 1.94 bits per heavy atom. The van der Waals surface area contributed by atoms with Crippen LogP contribution in [0.4, 0.5) is 17.3 Å². The number of nitrogens with one attached hydrogen (secondary N) is 2. The molecular weight excluding hydrogens is 464 g/mol. The fourth-order valence-electron chi connectivity index (χ4n) is 2.77. The van der Waals surface area contributed by atoms with E-state index in [0.717, 1.165) is 22.0 Å². The number of thioether (sulfide) groups is 1. The van der Waals surface area contributed by atoms with Crippen LogP contribution in [-0.4, -0.2) is 51.4 Å². The summed E-state index contributed by atoms with van der Waals surface area (Å²) in [5, 5.41) is 26.0. The van der Waals surface area contributed by atoms with Crippen molar-refractivity contribution < 1.29 is 19.2 Å². The molecule has 3 aromatic rings. The molecule has 3 rings (SSSR count). The largest absolute Gasteiger partial charge is 0.493 e. The van der Waals surface area contributed by atoms with Gasteiger partial charge in [-0.1, -0.05) is 23.9 Å². The first kappa shape index (κ1) is 24.3. The summed E-state index contributed by atoms with van der Waals surface area (Å²) in [7, 11) is 3.10. The van der Waals surface area contributed by atoms with Crippen LogP contribution in [0.5, 0.6) is 11.5 Å². The van der Waals surface area contributed by atoms with Gasteiger partial charge in [-0.15, -0.1) is 10.2 Å². The van der Waals surface area contributed by atoms with Crippen LogP contribution in [-0.2, 0) is 4.79 Å². The second kappa shape index (κ2) is 11.0. The van der Waals surface area contributed by atoms with Crippen LogP contribution in [0.1, 0.15) is 12.5 Å². The lowest BCUT2D eigenvalue weighted by Crippen LogP contribution is -2.17. The van der Waals surface area contributed by atoms with Gasteiger partial charge in [0.1, 0.15) is 5.69 Å². The zero-order chi connectivity index (χ0) is 24.7. The highest BCUT2D eigenvalue weighted by Crippen LogP contribution is 2.28. The molecule has 0 bridgehead atoms. The van der Waals surface area contributed by atoms with E-state index >= 15 is 0 Å². The molecule has 0 fully saturated rings. The lowest BCUT2D eigenvalue weighted by molar-refractivity contribution is -0.383. The fraction of sp³-hybridized carbons (Fsp3) is 0.200. The van der Waals surface area contributed by atoms with Crippen LogP contribution in [0.15, 0.2) is 52.7 Å². The van der Waals surface area contributed by atoms with Crippen molar-refractivity contribution in [2.75, 3.05) is 36.6 Å². The van der Waals surface area contributed by atoms with E-state index in [0.29, 0.717) is 17.2 Å². The molecule has 2 aromatic carbocycles. The van der Waals surface area contributed by atoms with Gasteiger partial charge in [-0.2, -0.15) is 5.10 Å². The third kappa shape index (κ3) is 5.72. The fourth-order valence-corrected chi connectivity index (χ4v) is 3.42. The predicted molar refractivity (Wildman–Crippen MR) is 128 cm³/mol. The number of nitrogens with zero attached hydrogens (tertiary/aromatic N) is 5. The van der Waals surface area contributed by atoms with Crippen molar-refractivity contribution >= 4 is 40.7 Å². The summed E-state index contributed by atoms with van der Waals surface area (Å²) in [5.74, 6) is 6.77. The molecular formula is C20H22N8O5S. The number of benzene rings is 2. The predicted octanol–water partition coefficient (Wildman–Crippen LogP) is 2.48. The monoisotopic (exact) mass is 486 g/mol. The molecule has 0 aliphatic heterocycles. The third-order valence-electron chi connectivity index (χ3n) is 4.50. The number of anilines is 2. The summed E-state index contributed by atoms with van der Waals surface area (Å²) in [4.78, 5) is 22.7. The van der Waals surface area contributed by atoms with Gasteiger partial charge in [0.25, 0.3) is 11.6 Å². The van der Waals surface area contributed by atoms with Crippen LogP contribution in [0.2, 0.25) is 0 Å². The van der Waals surface area contributed by atoms with Crippen molar-refractivity contribution in [3.8, 4) is 11.5 Å². The molecule has 1 amide bonds. The molecule has 0 aliphatic carbocycles. The zero-order valence-corrected chi connectivity index (χ0v) is 19.3. The van der Waals surface area contributed by atoms with E-state index in [-0.39, 0.29) is 28.2 Å². The van der Waals surface area contributed by atoms with E-state index in [1.165, 1.54) is 18.2 Å². The van der Waals surface area contributed by atoms with Crippen LogP contribution >= 0.6 is 11.8 Å². The topological polar surface area (TPSA) is 172 Å². The van der Waals surface area contributed by atoms with Gasteiger partial charge in [0, 0.05) is 11.6 Å². The van der Waals surface area contributed by atoms with E-state index < -0.39 is 10.8 Å². The van der Waals surface area contributed by atoms with E-state index in [2.05, 4.69) is 26.0 Å². The maximum absolute atomic E-state index is 12.2. The van der Waals surface area contributed by atoms with Crippen LogP contribution < -0.4 is 26.1 Å². The first-order chi connectivity index (χ1) is 16.3. The third-order valence-corrected chi connectivity index (χ3v) is 5.44. The lowest BCUT2D eigenvalue weighted by Gasteiger charge is -2.09. The van der Waals surface area contributed by atoms with E-state index in [9.17, 15) is 14.9 Å². The molecule has 4 N–H and O–H groups in total. The Labute approximate surface area is 198 Å². The number of methoxy groups -OCH3 is 2. The summed E-state index contributed by atoms with van der Waals surface area (Å²) in [6.07, 6.45) is 0. The van der Waals surface area contributed by atoms with Crippen molar-refractivity contribution in [1.29, 1.82) is 0 Å². The zero-order valence-electron chi connectivity index (χ0n) is 18.5. The average Bonchev–Trinajstić information content (AvgIpc) is 3.19. The van der Waals surface area contributed by atoms with E-state index in [1.807, 2.05) is 6.07 Å². The molecule has 14 heteroatoms. The Kier molecular flexibility index (Phi) is 7.87. The second-order valence-electron chi connectivity index (χ2n) is 6.67. The van der Waals surface area contributed by atoms with Crippen molar-refractivity contribution in [1.82, 2.24) is 14.9 Å². The van der Waals surface area contributed by atoms with Gasteiger partial charge in [-0.05, 0) is 31.2 Å². The first-order valence-electron chi connectivity index (χ1n) is 9.73. The van der Waals surface area contributed by atoms with Crippen LogP contribution in [0.25, 0.3) is 0 Å². The number of ether oxygens (including phenoxy) is 2. The van der Waals surface area contributed by atoms with Crippen LogP contribution in [0, 0.1) is 10.1 Å². The number of rotatable bonds is 10. The normalized spacial score (nSPS) is 11.1. The van der Waals surface area contributed by atoms with Crippen molar-refractivity contribution in [2.45, 2.75) is 12.1 Å². The SMILES string of the molecule is COc1ccc(/C(C)=N/Nc2nnc(SCC(=O)Nc3ccccc3[N+](=O)[O-])n2N)cc1OC. The van der Waals surface area contributed by atoms with Crippen molar-refractivity contribution in [3.05, 3.63) is 58.1 Å². The Morgan fingerprint density at radius 1 is 1.21 bits per heavy atom. The Bertz CT molecular complexity index is 1230. The molecule has 34 heavy (non-hydrogen) atoms. The molecule has 0 spiro atoms. The maximum Gasteiger partial charge on any atom is 0.292 e. The highest BCUT2D eigenvalue weighted by Gasteiger charge is 2.17. The summed E-state index contributed by atoms with van der Waals surface area (Å²) >= 11 is 1.01. The number of carbonyl (C=O) groups excluding carboxylic acids is 1.